The predicted molar refractivity (Wildman–Crippen MR) is 131 cm³/mol. The summed E-state index contributed by atoms with van der Waals surface area (Å²) in [7, 11) is 1.59. The highest BCUT2D eigenvalue weighted by molar-refractivity contribution is 6.30. The van der Waals surface area contributed by atoms with Crippen LogP contribution in [0.3, 0.4) is 0 Å². The standard InChI is InChI=1S/C27H29ClN2O4/c1-33-23-11-6-5-8-20(23)18-30(27(32)24-12-7-17-34-24)25(19-13-15-21(28)16-14-19)26(31)29-22-9-3-2-4-10-22/h5-8,11-17,22,25H,2-4,9-10,18H2,1H3,(H,29,31)/t25-/m1/s1. The number of carbonyl (C=O) groups excluding carboxylic acids is 2. The molecule has 6 nitrogen and oxygen atoms in total. The number of hydrogen-bond acceptors (Lipinski definition) is 4. The van der Waals surface area contributed by atoms with Crippen molar-refractivity contribution in [2.75, 3.05) is 7.11 Å². The van der Waals surface area contributed by atoms with E-state index in [0.717, 1.165) is 31.2 Å². The van der Waals surface area contributed by atoms with Gasteiger partial charge in [0.25, 0.3) is 5.91 Å². The van der Waals surface area contributed by atoms with E-state index in [2.05, 4.69) is 5.32 Å². The lowest BCUT2D eigenvalue weighted by molar-refractivity contribution is -0.127. The lowest BCUT2D eigenvalue weighted by Crippen LogP contribution is -2.46. The van der Waals surface area contributed by atoms with E-state index in [1.165, 1.54) is 17.6 Å². The number of para-hydroxylation sites is 1. The molecule has 2 amide bonds. The molecule has 0 saturated heterocycles. The van der Waals surface area contributed by atoms with E-state index in [0.29, 0.717) is 16.3 Å². The molecule has 0 spiro atoms. The number of halogens is 1. The molecule has 0 aliphatic heterocycles. The highest BCUT2D eigenvalue weighted by atomic mass is 35.5. The summed E-state index contributed by atoms with van der Waals surface area (Å²) in [5.41, 5.74) is 1.46. The molecule has 1 aliphatic rings. The van der Waals surface area contributed by atoms with Crippen molar-refractivity contribution in [1.82, 2.24) is 10.2 Å². The Balaban J connectivity index is 1.74. The maximum Gasteiger partial charge on any atom is 0.290 e. The van der Waals surface area contributed by atoms with E-state index < -0.39 is 6.04 Å². The van der Waals surface area contributed by atoms with Crippen LogP contribution in [0.1, 0.15) is 59.8 Å². The number of rotatable bonds is 8. The monoisotopic (exact) mass is 480 g/mol. The van der Waals surface area contributed by atoms with Gasteiger partial charge in [-0.15, -0.1) is 0 Å². The Morgan fingerprint density at radius 1 is 1.06 bits per heavy atom. The first-order valence-electron chi connectivity index (χ1n) is 11.6. The van der Waals surface area contributed by atoms with Gasteiger partial charge in [0, 0.05) is 16.6 Å². The van der Waals surface area contributed by atoms with Gasteiger partial charge >= 0.3 is 0 Å². The number of methoxy groups -OCH3 is 1. The smallest absolute Gasteiger partial charge is 0.290 e. The van der Waals surface area contributed by atoms with Crippen LogP contribution < -0.4 is 10.1 Å². The number of hydrogen-bond donors (Lipinski definition) is 1. The number of benzene rings is 2. The number of ether oxygens (including phenoxy) is 1. The first-order valence-corrected chi connectivity index (χ1v) is 12.0. The van der Waals surface area contributed by atoms with Crippen LogP contribution in [-0.2, 0) is 11.3 Å². The molecule has 1 heterocycles. The Hall–Kier alpha value is -3.25. The van der Waals surface area contributed by atoms with E-state index >= 15 is 0 Å². The summed E-state index contributed by atoms with van der Waals surface area (Å²) in [6.07, 6.45) is 6.70. The Kier molecular flexibility index (Phi) is 7.91. The third-order valence-corrected chi connectivity index (χ3v) is 6.48. The van der Waals surface area contributed by atoms with Crippen molar-refractivity contribution in [2.24, 2.45) is 0 Å². The van der Waals surface area contributed by atoms with Crippen molar-refractivity contribution in [1.29, 1.82) is 0 Å². The van der Waals surface area contributed by atoms with E-state index in [4.69, 9.17) is 20.8 Å². The summed E-state index contributed by atoms with van der Waals surface area (Å²) in [5.74, 6) is 0.209. The average Bonchev–Trinajstić information content (AvgIpc) is 3.40. The van der Waals surface area contributed by atoms with Crippen LogP contribution in [0.2, 0.25) is 5.02 Å². The molecule has 7 heteroatoms. The number of nitrogens with one attached hydrogen (secondary N) is 1. The Bertz CT molecular complexity index is 1090. The van der Waals surface area contributed by atoms with Crippen molar-refractivity contribution < 1.29 is 18.7 Å². The van der Waals surface area contributed by atoms with Gasteiger partial charge in [-0.2, -0.15) is 0 Å². The van der Waals surface area contributed by atoms with Gasteiger partial charge in [-0.25, -0.2) is 0 Å². The molecule has 1 fully saturated rings. The first-order chi connectivity index (χ1) is 16.6. The minimum Gasteiger partial charge on any atom is -0.496 e. The van der Waals surface area contributed by atoms with Gasteiger partial charge < -0.3 is 19.4 Å². The third-order valence-electron chi connectivity index (χ3n) is 6.22. The number of carbonyl (C=O) groups is 2. The minimum absolute atomic E-state index is 0.0999. The minimum atomic E-state index is -0.873. The SMILES string of the molecule is COc1ccccc1CN(C(=O)c1ccco1)[C@@H](C(=O)NC1CCCCC1)c1ccc(Cl)cc1. The summed E-state index contributed by atoms with van der Waals surface area (Å²) in [4.78, 5) is 29.0. The third kappa shape index (κ3) is 5.62. The van der Waals surface area contributed by atoms with Gasteiger partial charge in [0.2, 0.25) is 5.91 Å². The molecule has 0 unspecified atom stereocenters. The van der Waals surface area contributed by atoms with Crippen LogP contribution in [0.5, 0.6) is 5.75 Å². The molecule has 1 aliphatic carbocycles. The molecule has 4 rings (SSSR count). The predicted octanol–water partition coefficient (Wildman–Crippen LogP) is 5.77. The second kappa shape index (κ2) is 11.3. The number of nitrogens with zero attached hydrogens (tertiary/aromatic N) is 1. The number of furan rings is 1. The molecule has 1 N–H and O–H groups in total. The fraction of sp³-hybridized carbons (Fsp3) is 0.333. The Labute approximate surface area is 204 Å². The lowest BCUT2D eigenvalue weighted by Gasteiger charge is -2.33. The van der Waals surface area contributed by atoms with Gasteiger partial charge in [0.1, 0.15) is 11.8 Å². The summed E-state index contributed by atoms with van der Waals surface area (Å²) in [6.45, 7) is 0.162. The maximum atomic E-state index is 13.8. The van der Waals surface area contributed by atoms with Gasteiger partial charge in [-0.3, -0.25) is 9.59 Å². The first kappa shape index (κ1) is 23.9. The zero-order valence-corrected chi connectivity index (χ0v) is 20.0. The van der Waals surface area contributed by atoms with E-state index in [1.54, 1.807) is 43.5 Å². The van der Waals surface area contributed by atoms with Gasteiger partial charge in [0.15, 0.2) is 5.76 Å². The molecule has 3 aromatic rings. The topological polar surface area (TPSA) is 71.8 Å². The van der Waals surface area contributed by atoms with Gasteiger partial charge in [-0.1, -0.05) is 61.2 Å². The molecule has 178 valence electrons. The van der Waals surface area contributed by atoms with Crippen LogP contribution in [0.4, 0.5) is 0 Å². The zero-order valence-electron chi connectivity index (χ0n) is 19.2. The van der Waals surface area contributed by atoms with Crippen LogP contribution in [0.25, 0.3) is 0 Å². The van der Waals surface area contributed by atoms with Crippen LogP contribution in [0, 0.1) is 0 Å². The van der Waals surface area contributed by atoms with Crippen molar-refractivity contribution >= 4 is 23.4 Å². The molecule has 0 radical (unpaired) electrons. The fourth-order valence-electron chi connectivity index (χ4n) is 4.48. The molecule has 1 atom stereocenters. The lowest BCUT2D eigenvalue weighted by atomic mass is 9.94. The van der Waals surface area contributed by atoms with Crippen molar-refractivity contribution in [2.45, 2.75) is 50.7 Å². The molecule has 1 aromatic heterocycles. The van der Waals surface area contributed by atoms with Crippen molar-refractivity contribution in [3.63, 3.8) is 0 Å². The molecule has 0 bridgehead atoms. The summed E-state index contributed by atoms with van der Waals surface area (Å²) in [5, 5.41) is 3.76. The van der Waals surface area contributed by atoms with Crippen LogP contribution in [-0.4, -0.2) is 29.9 Å². The van der Waals surface area contributed by atoms with E-state index in [1.807, 2.05) is 24.3 Å². The fourth-order valence-corrected chi connectivity index (χ4v) is 4.61. The quantitative estimate of drug-likeness (QED) is 0.444. The van der Waals surface area contributed by atoms with Gasteiger partial charge in [-0.05, 0) is 48.7 Å². The van der Waals surface area contributed by atoms with E-state index in [-0.39, 0.29) is 30.2 Å². The Morgan fingerprint density at radius 2 is 1.79 bits per heavy atom. The average molecular weight is 481 g/mol. The molecule has 2 aromatic carbocycles. The second-order valence-electron chi connectivity index (χ2n) is 8.52. The van der Waals surface area contributed by atoms with Crippen molar-refractivity contribution in [3.05, 3.63) is 88.8 Å². The zero-order chi connectivity index (χ0) is 23.9. The second-order valence-corrected chi connectivity index (χ2v) is 8.96. The van der Waals surface area contributed by atoms with Crippen LogP contribution in [0.15, 0.2) is 71.3 Å². The molecule has 1 saturated carbocycles. The Morgan fingerprint density at radius 3 is 2.47 bits per heavy atom. The maximum absolute atomic E-state index is 13.8. The summed E-state index contributed by atoms with van der Waals surface area (Å²) < 4.78 is 11.0. The van der Waals surface area contributed by atoms with E-state index in [9.17, 15) is 9.59 Å². The molecule has 34 heavy (non-hydrogen) atoms. The van der Waals surface area contributed by atoms with Gasteiger partial charge in [0.05, 0.1) is 19.9 Å². The highest BCUT2D eigenvalue weighted by Crippen LogP contribution is 2.30. The normalized spacial score (nSPS) is 14.9. The highest BCUT2D eigenvalue weighted by Gasteiger charge is 2.35. The molecular formula is C27H29ClN2O4. The van der Waals surface area contributed by atoms with Crippen LogP contribution >= 0.6 is 11.6 Å². The number of amides is 2. The largest absolute Gasteiger partial charge is 0.496 e. The summed E-state index contributed by atoms with van der Waals surface area (Å²) in [6, 6.07) is 17.0. The van der Waals surface area contributed by atoms with Crippen molar-refractivity contribution in [3.8, 4) is 5.75 Å². The molecular weight excluding hydrogens is 452 g/mol. The summed E-state index contributed by atoms with van der Waals surface area (Å²) >= 11 is 6.13.